The molecule has 0 spiro atoms. The van der Waals surface area contributed by atoms with Crippen LogP contribution in [-0.4, -0.2) is 17.6 Å². The maximum atomic E-state index is 13.0. The van der Waals surface area contributed by atoms with Gasteiger partial charge in [-0.1, -0.05) is 24.3 Å². The minimum absolute atomic E-state index is 0.121. The fourth-order valence-electron chi connectivity index (χ4n) is 2.86. The highest BCUT2D eigenvalue weighted by Gasteiger charge is 2.21. The highest BCUT2D eigenvalue weighted by Crippen LogP contribution is 2.25. The van der Waals surface area contributed by atoms with E-state index in [-0.39, 0.29) is 11.3 Å². The van der Waals surface area contributed by atoms with Crippen LogP contribution in [-0.2, 0) is 11.3 Å². The largest absolute Gasteiger partial charge is 0.465 e. The third-order valence-corrected chi connectivity index (χ3v) is 4.92. The van der Waals surface area contributed by atoms with Gasteiger partial charge in [-0.15, -0.1) is 0 Å². The topological polar surface area (TPSA) is 74.3 Å². The van der Waals surface area contributed by atoms with Crippen molar-refractivity contribution in [2.45, 2.75) is 13.5 Å². The molecule has 0 amide bonds. The molecule has 2 aromatic carbocycles. The Morgan fingerprint density at radius 1 is 1.24 bits per heavy atom. The Morgan fingerprint density at radius 2 is 1.96 bits per heavy atom. The number of esters is 1. The van der Waals surface area contributed by atoms with Crippen molar-refractivity contribution in [3.8, 4) is 0 Å². The Morgan fingerprint density at radius 3 is 2.64 bits per heavy atom. The molecule has 3 rings (SSSR count). The number of methoxy groups -OCH3 is 1. The summed E-state index contributed by atoms with van der Waals surface area (Å²) in [5.74, 6) is -0.721. The number of ether oxygens (including phenoxy) is 1. The Balaban J connectivity index is 2.36. The number of aryl methyl sites for hydroxylation is 1. The number of benzene rings is 2. The SMILES string of the molecule is COC(=O)c1c(N)c2ccc(I)cc2n(Cc2ccccc2C)c1=O. The van der Waals surface area contributed by atoms with E-state index in [1.165, 1.54) is 7.11 Å². The molecular weight excluding hydrogens is 431 g/mol. The van der Waals surface area contributed by atoms with Crippen molar-refractivity contribution in [2.24, 2.45) is 0 Å². The van der Waals surface area contributed by atoms with Gasteiger partial charge in [-0.3, -0.25) is 4.79 Å². The van der Waals surface area contributed by atoms with Crippen LogP contribution in [0.5, 0.6) is 0 Å². The number of carbonyl (C=O) groups is 1. The average Bonchev–Trinajstić information content (AvgIpc) is 2.59. The normalized spacial score (nSPS) is 10.8. The number of nitrogens with zero attached hydrogens (tertiary/aromatic N) is 1. The molecule has 0 atom stereocenters. The molecule has 0 aliphatic heterocycles. The molecule has 0 fully saturated rings. The smallest absolute Gasteiger partial charge is 0.345 e. The third-order valence-electron chi connectivity index (χ3n) is 4.25. The fourth-order valence-corrected chi connectivity index (χ4v) is 3.34. The zero-order valence-electron chi connectivity index (χ0n) is 13.9. The van der Waals surface area contributed by atoms with Crippen LogP contribution in [0.2, 0.25) is 0 Å². The first-order valence-electron chi connectivity index (χ1n) is 7.68. The number of carbonyl (C=O) groups excluding carboxylic acids is 1. The van der Waals surface area contributed by atoms with E-state index in [0.29, 0.717) is 17.4 Å². The van der Waals surface area contributed by atoms with Crippen LogP contribution >= 0.6 is 22.6 Å². The van der Waals surface area contributed by atoms with E-state index in [0.717, 1.165) is 14.7 Å². The second-order valence-corrected chi connectivity index (χ2v) is 7.01. The van der Waals surface area contributed by atoms with Gasteiger partial charge >= 0.3 is 5.97 Å². The second kappa shape index (κ2) is 6.87. The molecule has 0 aliphatic rings. The maximum absolute atomic E-state index is 13.0. The molecule has 0 radical (unpaired) electrons. The van der Waals surface area contributed by atoms with Crippen LogP contribution in [0.1, 0.15) is 21.5 Å². The maximum Gasteiger partial charge on any atom is 0.345 e. The van der Waals surface area contributed by atoms with E-state index in [1.54, 1.807) is 4.57 Å². The summed E-state index contributed by atoms with van der Waals surface area (Å²) in [5.41, 5.74) is 8.49. The molecule has 6 heteroatoms. The molecule has 0 saturated heterocycles. The van der Waals surface area contributed by atoms with E-state index in [9.17, 15) is 9.59 Å². The lowest BCUT2D eigenvalue weighted by atomic mass is 10.1. The van der Waals surface area contributed by atoms with Gasteiger partial charge in [0.1, 0.15) is 5.56 Å². The van der Waals surface area contributed by atoms with Crippen LogP contribution < -0.4 is 11.3 Å². The summed E-state index contributed by atoms with van der Waals surface area (Å²) in [6, 6.07) is 13.5. The van der Waals surface area contributed by atoms with Gasteiger partial charge in [-0.25, -0.2) is 4.79 Å². The number of nitrogen functional groups attached to an aromatic ring is 1. The molecule has 25 heavy (non-hydrogen) atoms. The van der Waals surface area contributed by atoms with E-state index in [2.05, 4.69) is 22.6 Å². The van der Waals surface area contributed by atoms with Crippen molar-refractivity contribution in [1.29, 1.82) is 0 Å². The van der Waals surface area contributed by atoms with Crippen molar-refractivity contribution in [2.75, 3.05) is 12.8 Å². The number of nitrogens with two attached hydrogens (primary N) is 1. The Hall–Kier alpha value is -2.35. The number of rotatable bonds is 3. The van der Waals surface area contributed by atoms with Crippen molar-refractivity contribution in [3.63, 3.8) is 0 Å². The molecule has 0 aliphatic carbocycles. The summed E-state index contributed by atoms with van der Waals surface area (Å²) in [7, 11) is 1.24. The molecule has 5 nitrogen and oxygen atoms in total. The zero-order chi connectivity index (χ0) is 18.1. The third kappa shape index (κ3) is 3.13. The van der Waals surface area contributed by atoms with Gasteiger partial charge in [-0.05, 0) is 58.8 Å². The van der Waals surface area contributed by atoms with Crippen LogP contribution in [0, 0.1) is 10.5 Å². The van der Waals surface area contributed by atoms with Crippen LogP contribution in [0.15, 0.2) is 47.3 Å². The molecule has 0 saturated carbocycles. The van der Waals surface area contributed by atoms with Gasteiger partial charge in [0.15, 0.2) is 0 Å². The minimum atomic E-state index is -0.721. The van der Waals surface area contributed by atoms with E-state index in [1.807, 2.05) is 49.4 Å². The minimum Gasteiger partial charge on any atom is -0.465 e. The Bertz CT molecular complexity index is 1040. The van der Waals surface area contributed by atoms with Crippen molar-refractivity contribution in [1.82, 2.24) is 4.57 Å². The first kappa shape index (κ1) is 17.5. The second-order valence-electron chi connectivity index (χ2n) is 5.76. The molecule has 0 bridgehead atoms. The van der Waals surface area contributed by atoms with Gasteiger partial charge in [-0.2, -0.15) is 0 Å². The molecule has 3 aromatic rings. The molecule has 2 N–H and O–H groups in total. The zero-order valence-corrected chi connectivity index (χ0v) is 16.0. The lowest BCUT2D eigenvalue weighted by Gasteiger charge is -2.16. The number of hydrogen-bond donors (Lipinski definition) is 1. The average molecular weight is 448 g/mol. The highest BCUT2D eigenvalue weighted by atomic mass is 127. The molecule has 0 unspecified atom stereocenters. The molecule has 1 heterocycles. The number of aromatic nitrogens is 1. The van der Waals surface area contributed by atoms with Gasteiger partial charge < -0.3 is 15.0 Å². The summed E-state index contributed by atoms with van der Waals surface area (Å²) in [4.78, 5) is 25.1. The highest BCUT2D eigenvalue weighted by molar-refractivity contribution is 14.1. The summed E-state index contributed by atoms with van der Waals surface area (Å²) in [6.07, 6.45) is 0. The van der Waals surface area contributed by atoms with Gasteiger partial charge in [0.05, 0.1) is 24.9 Å². The Labute approximate surface area is 158 Å². The Kier molecular flexibility index (Phi) is 4.80. The molecule has 128 valence electrons. The first-order chi connectivity index (χ1) is 11.9. The quantitative estimate of drug-likeness (QED) is 0.493. The van der Waals surface area contributed by atoms with E-state index >= 15 is 0 Å². The summed E-state index contributed by atoms with van der Waals surface area (Å²) < 4.78 is 7.33. The predicted octanol–water partition coefficient (Wildman–Crippen LogP) is 3.33. The standard InChI is InChI=1S/C19H17IN2O3/c1-11-5-3-4-6-12(11)10-22-15-9-13(20)7-8-14(15)17(21)16(18(22)23)19(24)25-2/h3-9H,10,21H2,1-2H3. The lowest BCUT2D eigenvalue weighted by molar-refractivity contribution is 0.0599. The van der Waals surface area contributed by atoms with E-state index in [4.69, 9.17) is 10.5 Å². The van der Waals surface area contributed by atoms with Crippen molar-refractivity contribution < 1.29 is 9.53 Å². The monoisotopic (exact) mass is 448 g/mol. The number of hydrogen-bond acceptors (Lipinski definition) is 4. The first-order valence-corrected chi connectivity index (χ1v) is 8.76. The summed E-state index contributed by atoms with van der Waals surface area (Å²) >= 11 is 2.19. The number of halogens is 1. The predicted molar refractivity (Wildman–Crippen MR) is 107 cm³/mol. The van der Waals surface area contributed by atoms with Crippen molar-refractivity contribution in [3.05, 3.63) is 73.1 Å². The fraction of sp³-hybridized carbons (Fsp3) is 0.158. The van der Waals surface area contributed by atoms with Crippen LogP contribution in [0.4, 0.5) is 5.69 Å². The van der Waals surface area contributed by atoms with Crippen LogP contribution in [0.3, 0.4) is 0 Å². The van der Waals surface area contributed by atoms with Gasteiger partial charge in [0.25, 0.3) is 5.56 Å². The molecular formula is C19H17IN2O3. The van der Waals surface area contributed by atoms with Crippen molar-refractivity contribution >= 4 is 45.2 Å². The summed E-state index contributed by atoms with van der Waals surface area (Å²) in [6.45, 7) is 2.34. The van der Waals surface area contributed by atoms with Gasteiger partial charge in [0, 0.05) is 8.96 Å². The summed E-state index contributed by atoms with van der Waals surface area (Å²) in [5, 5.41) is 0.661. The number of anilines is 1. The molecule has 1 aromatic heterocycles. The van der Waals surface area contributed by atoms with Gasteiger partial charge in [0.2, 0.25) is 0 Å². The van der Waals surface area contributed by atoms with E-state index < -0.39 is 11.5 Å². The number of pyridine rings is 1. The lowest BCUT2D eigenvalue weighted by Crippen LogP contribution is -2.29. The number of fused-ring (bicyclic) bond motifs is 1. The van der Waals surface area contributed by atoms with Crippen LogP contribution in [0.25, 0.3) is 10.9 Å².